The van der Waals surface area contributed by atoms with Crippen LogP contribution in [0.2, 0.25) is 0 Å². The number of piperidine rings is 1. The fourth-order valence-corrected chi connectivity index (χ4v) is 3.33. The van der Waals surface area contributed by atoms with E-state index in [-0.39, 0.29) is 0 Å². The molecule has 0 atom stereocenters. The molecule has 0 spiro atoms. The molecule has 0 bridgehead atoms. The number of benzene rings is 1. The van der Waals surface area contributed by atoms with Gasteiger partial charge in [0.05, 0.1) is 19.8 Å². The van der Waals surface area contributed by atoms with E-state index in [1.807, 2.05) is 23.1 Å². The SMILES string of the molecule is COc1ccc(OC)c(CNC2CCN(c3ccc(C(F)(F)F)cn3)CC2)c1. The van der Waals surface area contributed by atoms with Gasteiger partial charge in [-0.2, -0.15) is 13.2 Å². The average Bonchev–Trinajstić information content (AvgIpc) is 2.72. The Morgan fingerprint density at radius 3 is 2.43 bits per heavy atom. The van der Waals surface area contributed by atoms with E-state index in [4.69, 9.17) is 9.47 Å². The van der Waals surface area contributed by atoms with Crippen LogP contribution in [0.25, 0.3) is 0 Å². The Morgan fingerprint density at radius 2 is 1.86 bits per heavy atom. The summed E-state index contributed by atoms with van der Waals surface area (Å²) < 4.78 is 48.7. The van der Waals surface area contributed by atoms with E-state index in [1.165, 1.54) is 6.07 Å². The maximum Gasteiger partial charge on any atom is 0.417 e. The zero-order valence-electron chi connectivity index (χ0n) is 15.9. The first kappa shape index (κ1) is 20.3. The Morgan fingerprint density at radius 1 is 1.11 bits per heavy atom. The summed E-state index contributed by atoms with van der Waals surface area (Å²) in [6.07, 6.45) is -1.69. The first-order chi connectivity index (χ1) is 13.4. The van der Waals surface area contributed by atoms with E-state index in [0.29, 0.717) is 18.4 Å². The third-order valence-corrected chi connectivity index (χ3v) is 4.96. The van der Waals surface area contributed by atoms with Gasteiger partial charge < -0.3 is 19.7 Å². The third-order valence-electron chi connectivity index (χ3n) is 4.96. The Bertz CT molecular complexity index is 773. The number of ether oxygens (including phenoxy) is 2. The van der Waals surface area contributed by atoms with Crippen molar-refractivity contribution < 1.29 is 22.6 Å². The van der Waals surface area contributed by atoms with Gasteiger partial charge in [0.2, 0.25) is 0 Å². The molecule has 2 heterocycles. The van der Waals surface area contributed by atoms with Crippen LogP contribution in [0.4, 0.5) is 19.0 Å². The highest BCUT2D eigenvalue weighted by atomic mass is 19.4. The lowest BCUT2D eigenvalue weighted by molar-refractivity contribution is -0.137. The first-order valence-corrected chi connectivity index (χ1v) is 9.13. The molecule has 1 aliphatic rings. The van der Waals surface area contributed by atoms with Crippen molar-refractivity contribution in [3.8, 4) is 11.5 Å². The summed E-state index contributed by atoms with van der Waals surface area (Å²) in [5, 5.41) is 3.53. The number of halogens is 3. The number of hydrogen-bond donors (Lipinski definition) is 1. The van der Waals surface area contributed by atoms with Crippen molar-refractivity contribution in [3.63, 3.8) is 0 Å². The fraction of sp³-hybridized carbons (Fsp3) is 0.450. The number of hydrogen-bond acceptors (Lipinski definition) is 5. The molecular formula is C20H24F3N3O2. The second kappa shape index (κ2) is 8.68. The van der Waals surface area contributed by atoms with Crippen LogP contribution in [0.3, 0.4) is 0 Å². The quantitative estimate of drug-likeness (QED) is 0.805. The molecule has 0 saturated carbocycles. The van der Waals surface area contributed by atoms with Crippen LogP contribution in [0.15, 0.2) is 36.5 Å². The maximum atomic E-state index is 12.7. The molecule has 2 aromatic rings. The molecular weight excluding hydrogens is 371 g/mol. The highest BCUT2D eigenvalue weighted by molar-refractivity contribution is 5.41. The van der Waals surface area contributed by atoms with E-state index in [0.717, 1.165) is 55.3 Å². The number of anilines is 1. The van der Waals surface area contributed by atoms with Crippen LogP contribution in [-0.2, 0) is 12.7 Å². The molecule has 152 valence electrons. The van der Waals surface area contributed by atoms with E-state index >= 15 is 0 Å². The normalized spacial score (nSPS) is 15.5. The van der Waals surface area contributed by atoms with Gasteiger partial charge in [-0.3, -0.25) is 0 Å². The molecule has 28 heavy (non-hydrogen) atoms. The Hall–Kier alpha value is -2.48. The molecule has 3 rings (SSSR count). The summed E-state index contributed by atoms with van der Waals surface area (Å²) >= 11 is 0. The molecule has 5 nitrogen and oxygen atoms in total. The number of nitrogens with zero attached hydrogens (tertiary/aromatic N) is 2. The number of aromatic nitrogens is 1. The molecule has 0 amide bonds. The van der Waals surface area contributed by atoms with Crippen molar-refractivity contribution in [1.82, 2.24) is 10.3 Å². The zero-order chi connectivity index (χ0) is 20.1. The topological polar surface area (TPSA) is 46.6 Å². The van der Waals surface area contributed by atoms with Gasteiger partial charge in [0, 0.05) is 37.4 Å². The van der Waals surface area contributed by atoms with Gasteiger partial charge in [-0.05, 0) is 43.2 Å². The van der Waals surface area contributed by atoms with Crippen molar-refractivity contribution in [3.05, 3.63) is 47.7 Å². The second-order valence-corrected chi connectivity index (χ2v) is 6.72. The second-order valence-electron chi connectivity index (χ2n) is 6.72. The van der Waals surface area contributed by atoms with Gasteiger partial charge in [-0.1, -0.05) is 0 Å². The van der Waals surface area contributed by atoms with Gasteiger partial charge in [0.15, 0.2) is 0 Å². The third kappa shape index (κ3) is 4.86. The smallest absolute Gasteiger partial charge is 0.417 e. The van der Waals surface area contributed by atoms with Crippen LogP contribution in [-0.4, -0.2) is 38.3 Å². The molecule has 1 aliphatic heterocycles. The summed E-state index contributed by atoms with van der Waals surface area (Å²) in [5.74, 6) is 2.17. The molecule has 1 aromatic carbocycles. The molecule has 1 saturated heterocycles. The summed E-state index contributed by atoms with van der Waals surface area (Å²) in [4.78, 5) is 6.00. The lowest BCUT2D eigenvalue weighted by Crippen LogP contribution is -2.42. The molecule has 0 radical (unpaired) electrons. The highest BCUT2D eigenvalue weighted by Crippen LogP contribution is 2.30. The molecule has 1 fully saturated rings. The number of alkyl halides is 3. The van der Waals surface area contributed by atoms with Crippen molar-refractivity contribution in [2.75, 3.05) is 32.2 Å². The van der Waals surface area contributed by atoms with Crippen molar-refractivity contribution in [1.29, 1.82) is 0 Å². The molecule has 1 N–H and O–H groups in total. The number of rotatable bonds is 6. The Kier molecular flexibility index (Phi) is 6.28. The van der Waals surface area contributed by atoms with Gasteiger partial charge in [-0.25, -0.2) is 4.98 Å². The van der Waals surface area contributed by atoms with Crippen molar-refractivity contribution >= 4 is 5.82 Å². The van der Waals surface area contributed by atoms with Crippen LogP contribution in [0.5, 0.6) is 11.5 Å². The first-order valence-electron chi connectivity index (χ1n) is 9.13. The Balaban J connectivity index is 1.53. The number of methoxy groups -OCH3 is 2. The monoisotopic (exact) mass is 395 g/mol. The lowest BCUT2D eigenvalue weighted by atomic mass is 10.0. The van der Waals surface area contributed by atoms with Gasteiger partial charge >= 0.3 is 6.18 Å². The van der Waals surface area contributed by atoms with Crippen molar-refractivity contribution in [2.24, 2.45) is 0 Å². The summed E-state index contributed by atoms with van der Waals surface area (Å²) in [6.45, 7) is 2.14. The summed E-state index contributed by atoms with van der Waals surface area (Å²) in [7, 11) is 3.27. The summed E-state index contributed by atoms with van der Waals surface area (Å²) in [6, 6.07) is 8.54. The van der Waals surface area contributed by atoms with Gasteiger partial charge in [0.1, 0.15) is 17.3 Å². The van der Waals surface area contributed by atoms with E-state index < -0.39 is 11.7 Å². The van der Waals surface area contributed by atoms with E-state index in [9.17, 15) is 13.2 Å². The lowest BCUT2D eigenvalue weighted by Gasteiger charge is -2.33. The van der Waals surface area contributed by atoms with Crippen LogP contribution >= 0.6 is 0 Å². The van der Waals surface area contributed by atoms with E-state index in [1.54, 1.807) is 14.2 Å². The van der Waals surface area contributed by atoms with Crippen molar-refractivity contribution in [2.45, 2.75) is 31.6 Å². The minimum atomic E-state index is -4.36. The number of nitrogens with one attached hydrogen (secondary N) is 1. The van der Waals surface area contributed by atoms with Crippen LogP contribution in [0, 0.1) is 0 Å². The fourth-order valence-electron chi connectivity index (χ4n) is 3.33. The standard InChI is InChI=1S/C20H24F3N3O2/c1-27-17-4-5-18(28-2)14(11-17)12-24-16-7-9-26(10-8-16)19-6-3-15(13-25-19)20(21,22)23/h3-6,11,13,16,24H,7-10,12H2,1-2H3. The largest absolute Gasteiger partial charge is 0.497 e. The number of pyridine rings is 1. The van der Waals surface area contributed by atoms with Crippen LogP contribution in [0.1, 0.15) is 24.0 Å². The molecule has 8 heteroatoms. The molecule has 0 aliphatic carbocycles. The average molecular weight is 395 g/mol. The van der Waals surface area contributed by atoms with Gasteiger partial charge in [-0.15, -0.1) is 0 Å². The molecule has 0 unspecified atom stereocenters. The predicted octanol–water partition coefficient (Wildman–Crippen LogP) is 3.88. The summed E-state index contributed by atoms with van der Waals surface area (Å²) in [5.41, 5.74) is 0.300. The van der Waals surface area contributed by atoms with Crippen LogP contribution < -0.4 is 19.7 Å². The predicted molar refractivity (Wildman–Crippen MR) is 101 cm³/mol. The zero-order valence-corrected chi connectivity index (χ0v) is 15.9. The highest BCUT2D eigenvalue weighted by Gasteiger charge is 2.31. The molecule has 1 aromatic heterocycles. The van der Waals surface area contributed by atoms with Gasteiger partial charge in [0.25, 0.3) is 0 Å². The van der Waals surface area contributed by atoms with E-state index in [2.05, 4.69) is 10.3 Å². The minimum absolute atomic E-state index is 0.321. The minimum Gasteiger partial charge on any atom is -0.497 e. The Labute approximate surface area is 162 Å². The maximum absolute atomic E-state index is 12.7.